The van der Waals surface area contributed by atoms with Gasteiger partial charge in [0.15, 0.2) is 5.69 Å². The molecular formula is C13H18N2O2S. The van der Waals surface area contributed by atoms with Gasteiger partial charge in [-0.1, -0.05) is 12.8 Å². The molecule has 18 heavy (non-hydrogen) atoms. The van der Waals surface area contributed by atoms with Gasteiger partial charge in [-0.05, 0) is 25.8 Å². The number of thioether (sulfide) groups is 1. The van der Waals surface area contributed by atoms with Crippen molar-refractivity contribution in [3.05, 3.63) is 23.8 Å². The molecule has 0 atom stereocenters. The minimum atomic E-state index is -0.369. The highest BCUT2D eigenvalue weighted by atomic mass is 32.2. The van der Waals surface area contributed by atoms with Crippen molar-refractivity contribution in [2.45, 2.75) is 43.6 Å². The van der Waals surface area contributed by atoms with Gasteiger partial charge in [0, 0.05) is 11.4 Å². The van der Waals surface area contributed by atoms with Crippen LogP contribution in [0, 0.1) is 0 Å². The fraction of sp³-hybridized carbons (Fsp3) is 0.615. The summed E-state index contributed by atoms with van der Waals surface area (Å²) in [5.74, 6) is 1.13. The molecule has 98 valence electrons. The minimum absolute atomic E-state index is 0.355. The van der Waals surface area contributed by atoms with Crippen LogP contribution < -0.4 is 0 Å². The van der Waals surface area contributed by atoms with Crippen LogP contribution in [-0.4, -0.2) is 27.8 Å². The first kappa shape index (κ1) is 13.3. The quantitative estimate of drug-likeness (QED) is 0.767. The van der Waals surface area contributed by atoms with Crippen LogP contribution in [0.1, 0.15) is 48.9 Å². The normalized spacial score (nSPS) is 15.8. The van der Waals surface area contributed by atoms with Gasteiger partial charge in [-0.3, -0.25) is 0 Å². The molecule has 1 aromatic heterocycles. The van der Waals surface area contributed by atoms with Gasteiger partial charge in [0.25, 0.3) is 0 Å². The van der Waals surface area contributed by atoms with E-state index in [9.17, 15) is 4.79 Å². The van der Waals surface area contributed by atoms with E-state index in [0.29, 0.717) is 12.3 Å². The van der Waals surface area contributed by atoms with Crippen molar-refractivity contribution >= 4 is 17.7 Å². The number of carbonyl (C=O) groups is 1. The molecule has 0 saturated heterocycles. The SMILES string of the molecule is CCOC(=O)c1ccnc(CSC2CCCC2)n1. The van der Waals surface area contributed by atoms with Crippen LogP contribution in [0.5, 0.6) is 0 Å². The zero-order valence-electron chi connectivity index (χ0n) is 10.6. The Morgan fingerprint density at radius 3 is 3.00 bits per heavy atom. The van der Waals surface area contributed by atoms with E-state index < -0.39 is 0 Å². The third-order valence-corrected chi connectivity index (χ3v) is 4.31. The van der Waals surface area contributed by atoms with E-state index in [0.717, 1.165) is 16.8 Å². The molecule has 2 rings (SSSR count). The minimum Gasteiger partial charge on any atom is -0.461 e. The van der Waals surface area contributed by atoms with Crippen molar-refractivity contribution in [3.63, 3.8) is 0 Å². The molecule has 0 unspecified atom stereocenters. The molecular weight excluding hydrogens is 248 g/mol. The third-order valence-electron chi connectivity index (χ3n) is 2.94. The van der Waals surface area contributed by atoms with Gasteiger partial charge >= 0.3 is 5.97 Å². The second-order valence-electron chi connectivity index (χ2n) is 4.30. The first-order valence-electron chi connectivity index (χ1n) is 6.40. The monoisotopic (exact) mass is 266 g/mol. The molecule has 0 bridgehead atoms. The molecule has 4 nitrogen and oxygen atoms in total. The molecule has 5 heteroatoms. The molecule has 0 aliphatic heterocycles. The Morgan fingerprint density at radius 2 is 2.28 bits per heavy atom. The lowest BCUT2D eigenvalue weighted by molar-refractivity contribution is 0.0519. The lowest BCUT2D eigenvalue weighted by Gasteiger charge is -2.08. The van der Waals surface area contributed by atoms with Crippen LogP contribution in [-0.2, 0) is 10.5 Å². The summed E-state index contributed by atoms with van der Waals surface area (Å²) >= 11 is 1.89. The van der Waals surface area contributed by atoms with E-state index in [1.807, 2.05) is 11.8 Å². The number of esters is 1. The molecule has 1 heterocycles. The van der Waals surface area contributed by atoms with Gasteiger partial charge in [-0.25, -0.2) is 14.8 Å². The zero-order valence-corrected chi connectivity index (χ0v) is 11.4. The standard InChI is InChI=1S/C13H18N2O2S/c1-2-17-13(16)11-7-8-14-12(15-11)9-18-10-5-3-4-6-10/h7-8,10H,2-6,9H2,1H3. The Balaban J connectivity index is 1.91. The number of hydrogen-bond donors (Lipinski definition) is 0. The summed E-state index contributed by atoms with van der Waals surface area (Å²) < 4.78 is 4.92. The van der Waals surface area contributed by atoms with Crippen molar-refractivity contribution in [3.8, 4) is 0 Å². The molecule has 0 amide bonds. The molecule has 0 spiro atoms. The van der Waals surface area contributed by atoms with Gasteiger partial charge < -0.3 is 4.74 Å². The highest BCUT2D eigenvalue weighted by Crippen LogP contribution is 2.30. The molecule has 1 saturated carbocycles. The summed E-state index contributed by atoms with van der Waals surface area (Å²) in [6, 6.07) is 1.60. The fourth-order valence-electron chi connectivity index (χ4n) is 2.03. The summed E-state index contributed by atoms with van der Waals surface area (Å²) in [5.41, 5.74) is 0.355. The van der Waals surface area contributed by atoms with Crippen LogP contribution in [0.25, 0.3) is 0 Å². The van der Waals surface area contributed by atoms with Crippen molar-refractivity contribution in [2.75, 3.05) is 6.61 Å². The van der Waals surface area contributed by atoms with E-state index in [1.165, 1.54) is 25.7 Å². The number of ether oxygens (including phenoxy) is 1. The molecule has 0 aromatic carbocycles. The van der Waals surface area contributed by atoms with Gasteiger partial charge in [0.05, 0.1) is 12.4 Å². The first-order chi connectivity index (χ1) is 8.79. The summed E-state index contributed by atoms with van der Waals surface area (Å²) in [6.45, 7) is 2.16. The summed E-state index contributed by atoms with van der Waals surface area (Å²) in [6.07, 6.45) is 6.89. The number of rotatable bonds is 5. The summed E-state index contributed by atoms with van der Waals surface area (Å²) in [4.78, 5) is 20.0. The molecule has 1 aromatic rings. The maximum atomic E-state index is 11.5. The van der Waals surface area contributed by atoms with E-state index in [1.54, 1.807) is 19.2 Å². The first-order valence-corrected chi connectivity index (χ1v) is 7.45. The molecule has 0 radical (unpaired) electrons. The molecule has 1 aliphatic rings. The second-order valence-corrected chi connectivity index (χ2v) is 5.58. The topological polar surface area (TPSA) is 52.1 Å². The Morgan fingerprint density at radius 1 is 1.50 bits per heavy atom. The van der Waals surface area contributed by atoms with Gasteiger partial charge in [0.2, 0.25) is 0 Å². The lowest BCUT2D eigenvalue weighted by atomic mass is 10.4. The van der Waals surface area contributed by atoms with Gasteiger partial charge in [-0.2, -0.15) is 11.8 Å². The predicted molar refractivity (Wildman–Crippen MR) is 71.5 cm³/mol. The Hall–Kier alpha value is -1.10. The average Bonchev–Trinajstić information content (AvgIpc) is 2.90. The zero-order chi connectivity index (χ0) is 12.8. The van der Waals surface area contributed by atoms with Crippen molar-refractivity contribution < 1.29 is 9.53 Å². The smallest absolute Gasteiger partial charge is 0.357 e. The number of nitrogens with zero attached hydrogens (tertiary/aromatic N) is 2. The number of hydrogen-bond acceptors (Lipinski definition) is 5. The van der Waals surface area contributed by atoms with Gasteiger partial charge in [0.1, 0.15) is 5.82 Å². The molecule has 0 N–H and O–H groups in total. The average molecular weight is 266 g/mol. The summed E-state index contributed by atoms with van der Waals surface area (Å²) in [5, 5.41) is 0.736. The van der Waals surface area contributed by atoms with E-state index in [-0.39, 0.29) is 5.97 Å². The van der Waals surface area contributed by atoms with E-state index >= 15 is 0 Å². The van der Waals surface area contributed by atoms with Crippen LogP contribution in [0.15, 0.2) is 12.3 Å². The molecule has 1 aliphatic carbocycles. The van der Waals surface area contributed by atoms with Crippen LogP contribution >= 0.6 is 11.8 Å². The maximum absolute atomic E-state index is 11.5. The number of carbonyl (C=O) groups excluding carboxylic acids is 1. The Labute approximate surface area is 112 Å². The predicted octanol–water partition coefficient (Wildman–Crippen LogP) is 2.83. The second kappa shape index (κ2) is 6.73. The summed E-state index contributed by atoms with van der Waals surface area (Å²) in [7, 11) is 0. The van der Waals surface area contributed by atoms with Crippen LogP contribution in [0.3, 0.4) is 0 Å². The van der Waals surface area contributed by atoms with E-state index in [2.05, 4.69) is 9.97 Å². The highest BCUT2D eigenvalue weighted by molar-refractivity contribution is 7.99. The largest absolute Gasteiger partial charge is 0.461 e. The Kier molecular flexibility index (Phi) is 4.99. The Bertz CT molecular complexity index is 406. The van der Waals surface area contributed by atoms with Crippen LogP contribution in [0.2, 0.25) is 0 Å². The highest BCUT2D eigenvalue weighted by Gasteiger charge is 2.16. The van der Waals surface area contributed by atoms with Crippen LogP contribution in [0.4, 0.5) is 0 Å². The van der Waals surface area contributed by atoms with Crippen molar-refractivity contribution in [1.29, 1.82) is 0 Å². The van der Waals surface area contributed by atoms with E-state index in [4.69, 9.17) is 4.74 Å². The lowest BCUT2D eigenvalue weighted by Crippen LogP contribution is -2.09. The number of aromatic nitrogens is 2. The third kappa shape index (κ3) is 3.70. The molecule has 1 fully saturated rings. The van der Waals surface area contributed by atoms with Gasteiger partial charge in [-0.15, -0.1) is 0 Å². The fourth-order valence-corrected chi connectivity index (χ4v) is 3.23. The van der Waals surface area contributed by atoms with Crippen molar-refractivity contribution in [2.24, 2.45) is 0 Å². The van der Waals surface area contributed by atoms with Crippen molar-refractivity contribution in [1.82, 2.24) is 9.97 Å². The maximum Gasteiger partial charge on any atom is 0.357 e.